The van der Waals surface area contributed by atoms with Gasteiger partial charge in [0.05, 0.1) is 17.6 Å². The van der Waals surface area contributed by atoms with Crippen molar-refractivity contribution in [2.75, 3.05) is 0 Å². The molecule has 0 unspecified atom stereocenters. The van der Waals surface area contributed by atoms with Gasteiger partial charge in [-0.2, -0.15) is 5.26 Å². The first-order chi connectivity index (χ1) is 11.4. The van der Waals surface area contributed by atoms with Gasteiger partial charge in [0.2, 0.25) is 0 Å². The summed E-state index contributed by atoms with van der Waals surface area (Å²) in [6, 6.07) is 22.5. The first-order valence-corrected chi connectivity index (χ1v) is 8.35. The minimum Gasteiger partial charge on any atom is -0.390 e. The summed E-state index contributed by atoms with van der Waals surface area (Å²) in [4.78, 5) is 2.23. The van der Waals surface area contributed by atoms with Crippen LogP contribution in [0.3, 0.4) is 0 Å². The fraction of sp³-hybridized carbons (Fsp3) is 0.381. The number of nitriles is 1. The second-order valence-corrected chi connectivity index (χ2v) is 6.90. The highest BCUT2D eigenvalue weighted by Crippen LogP contribution is 2.26. The quantitative estimate of drug-likeness (QED) is 0.838. The molecular weight excluding hydrogens is 296 g/mol. The zero-order valence-electron chi connectivity index (χ0n) is 14.7. The number of benzene rings is 2. The Balaban J connectivity index is 2.23. The number of hydrogen-bond acceptors (Lipinski definition) is 3. The van der Waals surface area contributed by atoms with Crippen LogP contribution in [-0.2, 0) is 13.1 Å². The lowest BCUT2D eigenvalue weighted by atomic mass is 9.84. The van der Waals surface area contributed by atoms with Crippen LogP contribution in [0.1, 0.15) is 31.9 Å². The molecule has 0 aliphatic rings. The average molecular weight is 322 g/mol. The van der Waals surface area contributed by atoms with E-state index in [4.69, 9.17) is 0 Å². The van der Waals surface area contributed by atoms with Crippen molar-refractivity contribution in [3.63, 3.8) is 0 Å². The summed E-state index contributed by atoms with van der Waals surface area (Å²) >= 11 is 0. The molecule has 3 heteroatoms. The first-order valence-electron chi connectivity index (χ1n) is 8.35. The third-order valence-corrected chi connectivity index (χ3v) is 4.52. The fourth-order valence-corrected chi connectivity index (χ4v) is 2.85. The van der Waals surface area contributed by atoms with Gasteiger partial charge in [-0.15, -0.1) is 0 Å². The molecule has 2 aromatic carbocycles. The molecule has 1 N–H and O–H groups in total. The van der Waals surface area contributed by atoms with E-state index in [0.717, 1.165) is 13.1 Å². The first kappa shape index (κ1) is 18.2. The van der Waals surface area contributed by atoms with E-state index in [-0.39, 0.29) is 6.04 Å². The average Bonchev–Trinajstić information content (AvgIpc) is 2.61. The lowest BCUT2D eigenvalue weighted by molar-refractivity contribution is -0.00367. The molecule has 0 fully saturated rings. The number of rotatable bonds is 7. The summed E-state index contributed by atoms with van der Waals surface area (Å²) in [7, 11) is 0. The number of hydrogen-bond donors (Lipinski definition) is 1. The third kappa shape index (κ3) is 4.67. The van der Waals surface area contributed by atoms with Gasteiger partial charge < -0.3 is 5.11 Å². The lowest BCUT2D eigenvalue weighted by Crippen LogP contribution is -2.47. The van der Waals surface area contributed by atoms with Crippen LogP contribution in [-0.4, -0.2) is 22.2 Å². The fourth-order valence-electron chi connectivity index (χ4n) is 2.85. The summed E-state index contributed by atoms with van der Waals surface area (Å²) in [6.07, 6.45) is -0.727. The van der Waals surface area contributed by atoms with Crippen molar-refractivity contribution in [1.29, 1.82) is 5.26 Å². The topological polar surface area (TPSA) is 47.3 Å². The number of aliphatic hydroxyl groups excluding tert-OH is 1. The smallest absolute Gasteiger partial charge is 0.0873 e. The summed E-state index contributed by atoms with van der Waals surface area (Å²) in [5, 5.41) is 20.1. The third-order valence-electron chi connectivity index (χ3n) is 4.52. The minimum absolute atomic E-state index is 0.139. The summed E-state index contributed by atoms with van der Waals surface area (Å²) in [5.41, 5.74) is 1.61. The number of aliphatic hydroxyl groups is 1. The van der Waals surface area contributed by atoms with E-state index in [2.05, 4.69) is 35.2 Å². The lowest BCUT2D eigenvalue weighted by Gasteiger charge is -2.37. The van der Waals surface area contributed by atoms with Gasteiger partial charge in [0.25, 0.3) is 0 Å². The maximum absolute atomic E-state index is 10.7. The van der Waals surface area contributed by atoms with Gasteiger partial charge in [-0.25, -0.2) is 0 Å². The van der Waals surface area contributed by atoms with Crippen molar-refractivity contribution in [2.24, 2.45) is 5.41 Å². The van der Waals surface area contributed by atoms with Gasteiger partial charge in [0.15, 0.2) is 0 Å². The maximum atomic E-state index is 10.7. The molecule has 0 aliphatic heterocycles. The van der Waals surface area contributed by atoms with Crippen LogP contribution in [0.5, 0.6) is 0 Å². The van der Waals surface area contributed by atoms with Gasteiger partial charge in [-0.05, 0) is 31.9 Å². The van der Waals surface area contributed by atoms with E-state index in [9.17, 15) is 10.4 Å². The molecule has 0 saturated carbocycles. The van der Waals surface area contributed by atoms with Crippen LogP contribution < -0.4 is 0 Å². The van der Waals surface area contributed by atoms with Crippen LogP contribution in [0.15, 0.2) is 60.7 Å². The van der Waals surface area contributed by atoms with Gasteiger partial charge in [-0.1, -0.05) is 60.7 Å². The van der Waals surface area contributed by atoms with Gasteiger partial charge >= 0.3 is 0 Å². The molecule has 126 valence electrons. The molecule has 3 nitrogen and oxygen atoms in total. The van der Waals surface area contributed by atoms with Crippen LogP contribution in [0.2, 0.25) is 0 Å². The Bertz CT molecular complexity index is 620. The standard InChI is InChI=1S/C21H26N2O/c1-17(20(24)21(2,3)16-22)23(14-18-10-6-4-7-11-18)15-19-12-8-5-9-13-19/h4-13,17,20,24H,14-15H2,1-3H3/t17-,20+/m1/s1. The van der Waals surface area contributed by atoms with Crippen molar-refractivity contribution in [2.45, 2.75) is 46.0 Å². The summed E-state index contributed by atoms with van der Waals surface area (Å²) < 4.78 is 0. The van der Waals surface area contributed by atoms with Crippen molar-refractivity contribution in [1.82, 2.24) is 4.90 Å². The highest BCUT2D eigenvalue weighted by atomic mass is 16.3. The van der Waals surface area contributed by atoms with E-state index < -0.39 is 11.5 Å². The van der Waals surface area contributed by atoms with Crippen molar-refractivity contribution >= 4 is 0 Å². The molecule has 2 aromatic rings. The molecule has 0 aliphatic carbocycles. The molecule has 0 amide bonds. The Labute approximate surface area is 145 Å². The summed E-state index contributed by atoms with van der Waals surface area (Å²) in [6.45, 7) is 7.04. The summed E-state index contributed by atoms with van der Waals surface area (Å²) in [5.74, 6) is 0. The van der Waals surface area contributed by atoms with Crippen LogP contribution in [0, 0.1) is 16.7 Å². The molecular formula is C21H26N2O. The largest absolute Gasteiger partial charge is 0.390 e. The number of nitrogens with zero attached hydrogens (tertiary/aromatic N) is 2. The molecule has 2 atom stereocenters. The molecule has 0 saturated heterocycles. The molecule has 0 spiro atoms. The van der Waals surface area contributed by atoms with Gasteiger partial charge in [0, 0.05) is 19.1 Å². The maximum Gasteiger partial charge on any atom is 0.0873 e. The highest BCUT2D eigenvalue weighted by Gasteiger charge is 2.35. The molecule has 0 heterocycles. The Morgan fingerprint density at radius 1 is 0.958 bits per heavy atom. The highest BCUT2D eigenvalue weighted by molar-refractivity contribution is 5.17. The molecule has 2 rings (SSSR count). The Morgan fingerprint density at radius 3 is 1.75 bits per heavy atom. The van der Waals surface area contributed by atoms with Gasteiger partial charge in [0.1, 0.15) is 0 Å². The van der Waals surface area contributed by atoms with Crippen LogP contribution >= 0.6 is 0 Å². The molecule has 0 radical (unpaired) electrons. The Kier molecular flexibility index (Phi) is 6.14. The molecule has 0 bridgehead atoms. The second kappa shape index (κ2) is 8.10. The zero-order valence-corrected chi connectivity index (χ0v) is 14.7. The van der Waals surface area contributed by atoms with Crippen molar-refractivity contribution in [3.05, 3.63) is 71.8 Å². The molecule has 0 aromatic heterocycles. The normalized spacial score (nSPS) is 14.2. The van der Waals surface area contributed by atoms with Crippen LogP contribution in [0.25, 0.3) is 0 Å². The van der Waals surface area contributed by atoms with E-state index in [1.165, 1.54) is 11.1 Å². The van der Waals surface area contributed by atoms with Crippen molar-refractivity contribution in [3.8, 4) is 6.07 Å². The van der Waals surface area contributed by atoms with E-state index in [1.54, 1.807) is 13.8 Å². The Hall–Kier alpha value is -2.15. The minimum atomic E-state index is -0.787. The monoisotopic (exact) mass is 322 g/mol. The zero-order chi connectivity index (χ0) is 17.6. The Morgan fingerprint density at radius 2 is 1.38 bits per heavy atom. The van der Waals surface area contributed by atoms with E-state index >= 15 is 0 Å². The SMILES string of the molecule is C[C@H]([C@H](O)C(C)(C)C#N)N(Cc1ccccc1)Cc1ccccc1. The second-order valence-electron chi connectivity index (χ2n) is 6.90. The predicted octanol–water partition coefficient (Wildman–Crippen LogP) is 3.99. The predicted molar refractivity (Wildman–Crippen MR) is 97.0 cm³/mol. The van der Waals surface area contributed by atoms with Crippen LogP contribution in [0.4, 0.5) is 0 Å². The van der Waals surface area contributed by atoms with Crippen molar-refractivity contribution < 1.29 is 5.11 Å². The van der Waals surface area contributed by atoms with E-state index in [1.807, 2.05) is 43.3 Å². The van der Waals surface area contributed by atoms with Gasteiger partial charge in [-0.3, -0.25) is 4.90 Å². The van der Waals surface area contributed by atoms with E-state index in [0.29, 0.717) is 0 Å². The molecule has 24 heavy (non-hydrogen) atoms.